The van der Waals surface area contributed by atoms with Gasteiger partial charge in [-0.3, -0.25) is 14.4 Å². The van der Waals surface area contributed by atoms with Crippen molar-refractivity contribution in [1.82, 2.24) is 0 Å². The smallest absolute Gasteiger partial charge is 0.338 e. The quantitative estimate of drug-likeness (QED) is 0.103. The fourth-order valence-corrected chi connectivity index (χ4v) is 4.23. The molecular weight excluding hydrogens is 644 g/mol. The van der Waals surface area contributed by atoms with E-state index in [-0.39, 0.29) is 31.2 Å². The number of carboxylic acids is 1. The standard InChI is InChI=1S/C41H36N4O6/c1-5-7-8-9-10-11-12-13-14-15-16-17-18-19-20-21-22-23-24-25-26-28-44-45-51-38(46)32-41(3,40(48)49)31-37(39(47)50-4)30-36(34-43)29-35(33-42)27-6-2/h35-37H,6,27,29-34,42-43H2,1-4H3,(H,48,49)/b45-44+/t35?,36?,37?,41-/m0/s1. The maximum absolute atomic E-state index is 12.6. The lowest BCUT2D eigenvalue weighted by Crippen LogP contribution is -2.37. The lowest BCUT2D eigenvalue weighted by molar-refractivity contribution is -0.161. The molecule has 0 heterocycles. The predicted octanol–water partition coefficient (Wildman–Crippen LogP) is 2.30. The number of aliphatic carboxylic acids is 1. The van der Waals surface area contributed by atoms with E-state index in [1.807, 2.05) is 0 Å². The van der Waals surface area contributed by atoms with Crippen LogP contribution >= 0.6 is 0 Å². The first-order valence-corrected chi connectivity index (χ1v) is 15.4. The summed E-state index contributed by atoms with van der Waals surface area (Å²) >= 11 is 0. The fourth-order valence-electron chi connectivity index (χ4n) is 4.23. The second-order valence-electron chi connectivity index (χ2n) is 10.4. The molecule has 0 aliphatic rings. The van der Waals surface area contributed by atoms with Crippen LogP contribution in [0.1, 0.15) is 59.3 Å². The van der Waals surface area contributed by atoms with Crippen molar-refractivity contribution >= 4 is 17.9 Å². The van der Waals surface area contributed by atoms with Crippen LogP contribution in [0.15, 0.2) is 10.4 Å². The summed E-state index contributed by atoms with van der Waals surface area (Å²) in [7, 11) is 1.22. The Kier molecular flexibility index (Phi) is 25.3. The maximum atomic E-state index is 12.6. The SMILES string of the molecule is CC#CC#CC#CC#CC#CC#CC#CC#CC#CC#CC#C/N=N/OC(=O)C[C@](C)(CC(CC(CN)CC(CN)CCC)C(=O)OC)C(=O)O. The minimum Gasteiger partial charge on any atom is -0.481 e. The summed E-state index contributed by atoms with van der Waals surface area (Å²) in [6, 6.07) is 2.18. The van der Waals surface area contributed by atoms with Crippen molar-refractivity contribution in [2.45, 2.75) is 59.3 Å². The summed E-state index contributed by atoms with van der Waals surface area (Å²) in [6.07, 6.45) is 2.08. The highest BCUT2D eigenvalue weighted by Gasteiger charge is 2.41. The number of methoxy groups -OCH3 is 1. The zero-order valence-corrected chi connectivity index (χ0v) is 28.9. The summed E-state index contributed by atoms with van der Waals surface area (Å²) in [4.78, 5) is 41.9. The van der Waals surface area contributed by atoms with Gasteiger partial charge in [-0.1, -0.05) is 24.4 Å². The number of carbonyl (C=O) groups is 3. The number of nitrogens with two attached hydrogens (primary N) is 2. The van der Waals surface area contributed by atoms with Crippen molar-refractivity contribution in [3.8, 4) is 130 Å². The molecule has 0 aliphatic carbocycles. The molecule has 0 radical (unpaired) electrons. The Labute approximate surface area is 301 Å². The van der Waals surface area contributed by atoms with E-state index in [0.717, 1.165) is 12.8 Å². The monoisotopic (exact) mass is 680 g/mol. The third kappa shape index (κ3) is 23.1. The van der Waals surface area contributed by atoms with Gasteiger partial charge < -0.3 is 21.3 Å². The van der Waals surface area contributed by atoms with Crippen LogP contribution in [0.25, 0.3) is 0 Å². The van der Waals surface area contributed by atoms with Crippen LogP contribution in [0.2, 0.25) is 0 Å². The number of ether oxygens (including phenoxy) is 1. The topological polar surface area (TPSA) is 167 Å². The summed E-state index contributed by atoms with van der Waals surface area (Å²) in [5.74, 6) is 48.4. The fraction of sp³-hybridized carbons (Fsp3) is 0.390. The summed E-state index contributed by atoms with van der Waals surface area (Å²) < 4.78 is 4.94. The zero-order valence-electron chi connectivity index (χ0n) is 28.9. The maximum Gasteiger partial charge on any atom is 0.338 e. The molecule has 0 spiro atoms. The highest BCUT2D eigenvalue weighted by molar-refractivity contribution is 5.83. The molecule has 0 aromatic rings. The third-order valence-corrected chi connectivity index (χ3v) is 6.53. The Morgan fingerprint density at radius 2 is 1.18 bits per heavy atom. The number of rotatable bonds is 15. The van der Waals surface area contributed by atoms with Crippen LogP contribution in [0, 0.1) is 154 Å². The first-order chi connectivity index (χ1) is 24.7. The molecule has 0 amide bonds. The average Bonchev–Trinajstić information content (AvgIpc) is 3.11. The van der Waals surface area contributed by atoms with Crippen molar-refractivity contribution in [1.29, 1.82) is 0 Å². The Balaban J connectivity index is 5.08. The average molecular weight is 681 g/mol. The Morgan fingerprint density at radius 1 is 0.725 bits per heavy atom. The molecule has 0 rings (SSSR count). The van der Waals surface area contributed by atoms with Gasteiger partial charge in [-0.05, 0) is 112 Å². The molecule has 256 valence electrons. The van der Waals surface area contributed by atoms with Crippen LogP contribution in [0.4, 0.5) is 0 Å². The van der Waals surface area contributed by atoms with Gasteiger partial charge in [0.05, 0.1) is 30.9 Å². The minimum absolute atomic E-state index is 0.0859. The van der Waals surface area contributed by atoms with E-state index in [2.05, 4.69) is 153 Å². The second kappa shape index (κ2) is 29.2. The highest BCUT2D eigenvalue weighted by atomic mass is 16.7. The summed E-state index contributed by atoms with van der Waals surface area (Å²) in [6.45, 7) is 5.85. The molecule has 0 saturated heterocycles. The molecule has 10 nitrogen and oxygen atoms in total. The first-order valence-electron chi connectivity index (χ1n) is 15.4. The lowest BCUT2D eigenvalue weighted by atomic mass is 9.74. The molecule has 5 N–H and O–H groups in total. The normalized spacial score (nSPS) is 11.2. The molecule has 0 aliphatic heterocycles. The van der Waals surface area contributed by atoms with Crippen molar-refractivity contribution in [3.63, 3.8) is 0 Å². The van der Waals surface area contributed by atoms with Gasteiger partial charge >= 0.3 is 17.9 Å². The molecule has 0 aromatic heterocycles. The number of esters is 1. The van der Waals surface area contributed by atoms with Gasteiger partial charge in [-0.15, -0.1) is 0 Å². The summed E-state index contributed by atoms with van der Waals surface area (Å²) in [5.41, 5.74) is 10.2. The van der Waals surface area contributed by atoms with Gasteiger partial charge in [0.2, 0.25) is 0 Å². The second-order valence-corrected chi connectivity index (χ2v) is 10.4. The van der Waals surface area contributed by atoms with Gasteiger partial charge in [0.25, 0.3) is 0 Å². The first kappa shape index (κ1) is 44.1. The molecule has 0 fully saturated rings. The van der Waals surface area contributed by atoms with E-state index < -0.39 is 35.7 Å². The van der Waals surface area contributed by atoms with Crippen molar-refractivity contribution < 1.29 is 29.1 Å². The van der Waals surface area contributed by atoms with E-state index in [4.69, 9.17) is 16.2 Å². The van der Waals surface area contributed by atoms with Gasteiger partial charge in [0, 0.05) is 76.3 Å². The third-order valence-electron chi connectivity index (χ3n) is 6.53. The van der Waals surface area contributed by atoms with Crippen molar-refractivity contribution in [3.05, 3.63) is 0 Å². The predicted molar refractivity (Wildman–Crippen MR) is 192 cm³/mol. The largest absolute Gasteiger partial charge is 0.481 e. The number of carboxylic acid groups (broad SMARTS) is 1. The number of hydrogen-bond donors (Lipinski definition) is 3. The molecule has 10 heteroatoms. The van der Waals surface area contributed by atoms with Crippen molar-refractivity contribution in [2.75, 3.05) is 20.2 Å². The van der Waals surface area contributed by atoms with E-state index in [9.17, 15) is 19.5 Å². The molecule has 51 heavy (non-hydrogen) atoms. The Bertz CT molecular complexity index is 1990. The number of carbonyl (C=O) groups excluding carboxylic acids is 2. The minimum atomic E-state index is -1.67. The zero-order chi connectivity index (χ0) is 38.0. The number of nitrogens with zero attached hydrogens (tertiary/aromatic N) is 2. The Hall–Kier alpha value is -6.91. The molecule has 0 aromatic carbocycles. The molecule has 3 unspecified atom stereocenters. The molecule has 4 atom stereocenters. The van der Waals surface area contributed by atoms with Crippen LogP contribution in [0.5, 0.6) is 0 Å². The van der Waals surface area contributed by atoms with Crippen LogP contribution in [-0.4, -0.2) is 43.2 Å². The highest BCUT2D eigenvalue weighted by Crippen LogP contribution is 2.35. The number of hydrogen-bond acceptors (Lipinski definition) is 9. The Morgan fingerprint density at radius 3 is 1.57 bits per heavy atom. The van der Waals surface area contributed by atoms with Crippen LogP contribution in [0.3, 0.4) is 0 Å². The van der Waals surface area contributed by atoms with E-state index in [1.54, 1.807) is 6.92 Å². The molecular formula is C41H36N4O6. The van der Waals surface area contributed by atoms with Gasteiger partial charge in [-0.2, -0.15) is 0 Å². The van der Waals surface area contributed by atoms with Crippen LogP contribution in [-0.2, 0) is 24.0 Å². The van der Waals surface area contributed by atoms with Gasteiger partial charge in [0.1, 0.15) is 0 Å². The van der Waals surface area contributed by atoms with Gasteiger partial charge in [-0.25, -0.2) is 4.79 Å². The molecule has 0 bridgehead atoms. The van der Waals surface area contributed by atoms with Gasteiger partial charge in [0.15, 0.2) is 0 Å². The lowest BCUT2D eigenvalue weighted by Gasteiger charge is -2.30. The van der Waals surface area contributed by atoms with Crippen LogP contribution < -0.4 is 11.5 Å². The summed E-state index contributed by atoms with van der Waals surface area (Å²) in [5, 5.41) is 16.5. The van der Waals surface area contributed by atoms with E-state index in [1.165, 1.54) is 14.0 Å². The molecule has 0 saturated carbocycles. The van der Waals surface area contributed by atoms with Crippen molar-refractivity contribution in [2.24, 2.45) is 45.0 Å². The van der Waals surface area contributed by atoms with E-state index >= 15 is 0 Å². The van der Waals surface area contributed by atoms with E-state index in [0.29, 0.717) is 13.0 Å².